The Morgan fingerprint density at radius 2 is 2.04 bits per heavy atom. The molecule has 1 N–H and O–H groups in total. The average Bonchev–Trinajstić information content (AvgIpc) is 3.19. The quantitative estimate of drug-likeness (QED) is 0.912. The predicted octanol–water partition coefficient (Wildman–Crippen LogP) is 3.51. The van der Waals surface area contributed by atoms with Crippen molar-refractivity contribution in [3.63, 3.8) is 0 Å². The summed E-state index contributed by atoms with van der Waals surface area (Å²) < 4.78 is 1.14. The molecule has 2 amide bonds. The van der Waals surface area contributed by atoms with E-state index in [2.05, 4.69) is 11.4 Å². The Kier molecular flexibility index (Phi) is 4.82. The number of fused-ring (bicyclic) bond motifs is 1. The summed E-state index contributed by atoms with van der Waals surface area (Å²) in [5.74, 6) is -0.136. The summed E-state index contributed by atoms with van der Waals surface area (Å²) >= 11 is 1.65. The van der Waals surface area contributed by atoms with E-state index in [1.807, 2.05) is 43.9 Å². The molecule has 0 bridgehead atoms. The van der Waals surface area contributed by atoms with Gasteiger partial charge in [0, 0.05) is 12.0 Å². The lowest BCUT2D eigenvalue weighted by Gasteiger charge is -2.28. The molecule has 1 aliphatic rings. The fraction of sp³-hybridized carbons (Fsp3) is 0.526. The highest BCUT2D eigenvalue weighted by atomic mass is 32.1. The molecule has 0 saturated carbocycles. The maximum atomic E-state index is 12.9. The van der Waals surface area contributed by atoms with Crippen molar-refractivity contribution in [1.82, 2.24) is 15.2 Å². The first kappa shape index (κ1) is 17.9. The number of thiazole rings is 1. The van der Waals surface area contributed by atoms with Crippen molar-refractivity contribution in [1.29, 1.82) is 0 Å². The molecule has 2 heterocycles. The molecule has 5 nitrogen and oxygen atoms in total. The number of nitrogens with one attached hydrogen (secondary N) is 1. The van der Waals surface area contributed by atoms with Gasteiger partial charge in [0.25, 0.3) is 0 Å². The van der Waals surface area contributed by atoms with Crippen LogP contribution in [0.15, 0.2) is 24.3 Å². The second-order valence-electron chi connectivity index (χ2n) is 7.65. The second-order valence-corrected chi connectivity index (χ2v) is 8.72. The largest absolute Gasteiger partial charge is 0.344 e. The zero-order valence-electron chi connectivity index (χ0n) is 15.2. The van der Waals surface area contributed by atoms with Crippen LogP contribution in [0.4, 0.5) is 0 Å². The standard InChI is InChI=1S/C19H25N3O2S/c1-12(20-18(24)19(2,3)4)17(23)22-11-7-9-14(22)16-21-13-8-5-6-10-15(13)25-16/h5-6,8,10,12,14H,7,9,11H2,1-4H3,(H,20,24). The van der Waals surface area contributed by atoms with Crippen LogP contribution < -0.4 is 5.32 Å². The van der Waals surface area contributed by atoms with E-state index >= 15 is 0 Å². The van der Waals surface area contributed by atoms with Gasteiger partial charge in [-0.2, -0.15) is 0 Å². The fourth-order valence-corrected chi connectivity index (χ4v) is 4.16. The maximum absolute atomic E-state index is 12.9. The van der Waals surface area contributed by atoms with E-state index in [-0.39, 0.29) is 17.9 Å². The van der Waals surface area contributed by atoms with Gasteiger partial charge in [-0.05, 0) is 31.9 Å². The van der Waals surface area contributed by atoms with Crippen molar-refractivity contribution in [3.8, 4) is 0 Å². The third-order valence-corrected chi connectivity index (χ3v) is 5.67. The van der Waals surface area contributed by atoms with Gasteiger partial charge in [-0.25, -0.2) is 4.98 Å². The summed E-state index contributed by atoms with van der Waals surface area (Å²) in [7, 11) is 0. The molecular weight excluding hydrogens is 334 g/mol. The zero-order valence-corrected chi connectivity index (χ0v) is 16.0. The van der Waals surface area contributed by atoms with Crippen LogP contribution in [-0.4, -0.2) is 34.3 Å². The molecule has 2 aromatic rings. The number of nitrogens with zero attached hydrogens (tertiary/aromatic N) is 2. The monoisotopic (exact) mass is 359 g/mol. The second kappa shape index (κ2) is 6.75. The number of aromatic nitrogens is 1. The minimum atomic E-state index is -0.526. The van der Waals surface area contributed by atoms with Crippen molar-refractivity contribution in [2.45, 2.75) is 52.6 Å². The van der Waals surface area contributed by atoms with Gasteiger partial charge < -0.3 is 10.2 Å². The number of benzene rings is 1. The Morgan fingerprint density at radius 3 is 2.72 bits per heavy atom. The third-order valence-electron chi connectivity index (χ3n) is 4.53. The Morgan fingerprint density at radius 1 is 1.32 bits per heavy atom. The molecule has 2 unspecified atom stereocenters. The molecule has 0 radical (unpaired) electrons. The van der Waals surface area contributed by atoms with Crippen LogP contribution in [0.2, 0.25) is 0 Å². The average molecular weight is 359 g/mol. The Hall–Kier alpha value is -1.95. The van der Waals surface area contributed by atoms with Crippen molar-refractivity contribution in [2.75, 3.05) is 6.54 Å². The molecule has 1 aromatic heterocycles. The summed E-state index contributed by atoms with van der Waals surface area (Å²) in [5, 5.41) is 3.84. The minimum absolute atomic E-state index is 0.0129. The summed E-state index contributed by atoms with van der Waals surface area (Å²) in [4.78, 5) is 31.7. The van der Waals surface area contributed by atoms with Gasteiger partial charge in [-0.1, -0.05) is 32.9 Å². The summed E-state index contributed by atoms with van der Waals surface area (Å²) in [6, 6.07) is 7.53. The van der Waals surface area contributed by atoms with Gasteiger partial charge in [0.15, 0.2) is 0 Å². The van der Waals surface area contributed by atoms with E-state index in [1.165, 1.54) is 0 Å². The van der Waals surface area contributed by atoms with Crippen LogP contribution in [0.3, 0.4) is 0 Å². The van der Waals surface area contributed by atoms with Crippen LogP contribution >= 0.6 is 11.3 Å². The van der Waals surface area contributed by atoms with Crippen LogP contribution in [0.5, 0.6) is 0 Å². The Balaban J connectivity index is 1.76. The van der Waals surface area contributed by atoms with Gasteiger partial charge in [0.1, 0.15) is 11.0 Å². The van der Waals surface area contributed by atoms with E-state index in [4.69, 9.17) is 4.98 Å². The SMILES string of the molecule is CC(NC(=O)C(C)(C)C)C(=O)N1CCCC1c1nc2ccccc2s1. The summed E-state index contributed by atoms with van der Waals surface area (Å²) in [6.45, 7) is 8.02. The molecule has 1 aromatic carbocycles. The molecule has 134 valence electrons. The van der Waals surface area contributed by atoms with Crippen LogP contribution in [0.1, 0.15) is 51.6 Å². The van der Waals surface area contributed by atoms with Gasteiger partial charge in [0.2, 0.25) is 11.8 Å². The van der Waals surface area contributed by atoms with Crippen LogP contribution in [0.25, 0.3) is 10.2 Å². The smallest absolute Gasteiger partial charge is 0.245 e. The van der Waals surface area contributed by atoms with Crippen LogP contribution in [-0.2, 0) is 9.59 Å². The van der Waals surface area contributed by atoms with E-state index in [9.17, 15) is 9.59 Å². The lowest BCUT2D eigenvalue weighted by molar-refractivity contribution is -0.138. The predicted molar refractivity (Wildman–Crippen MR) is 100 cm³/mol. The fourth-order valence-electron chi connectivity index (χ4n) is 3.04. The van der Waals surface area contributed by atoms with Crippen molar-refractivity contribution in [3.05, 3.63) is 29.3 Å². The number of hydrogen-bond acceptors (Lipinski definition) is 4. The molecule has 1 aliphatic heterocycles. The molecule has 25 heavy (non-hydrogen) atoms. The molecule has 1 saturated heterocycles. The van der Waals surface area contributed by atoms with Gasteiger partial charge in [-0.3, -0.25) is 9.59 Å². The van der Waals surface area contributed by atoms with E-state index < -0.39 is 11.5 Å². The number of likely N-dealkylation sites (tertiary alicyclic amines) is 1. The van der Waals surface area contributed by atoms with Crippen molar-refractivity contribution < 1.29 is 9.59 Å². The number of carbonyl (C=O) groups excluding carboxylic acids is 2. The molecule has 0 spiro atoms. The number of hydrogen-bond donors (Lipinski definition) is 1. The molecule has 3 rings (SSSR count). The van der Waals surface area contributed by atoms with E-state index in [0.717, 1.165) is 34.6 Å². The first-order valence-electron chi connectivity index (χ1n) is 8.74. The van der Waals surface area contributed by atoms with E-state index in [1.54, 1.807) is 18.3 Å². The minimum Gasteiger partial charge on any atom is -0.344 e. The number of rotatable bonds is 3. The molecule has 0 aliphatic carbocycles. The lowest BCUT2D eigenvalue weighted by atomic mass is 9.95. The lowest BCUT2D eigenvalue weighted by Crippen LogP contribution is -2.49. The Labute approximate surface area is 152 Å². The van der Waals surface area contributed by atoms with Gasteiger partial charge in [-0.15, -0.1) is 11.3 Å². The highest BCUT2D eigenvalue weighted by molar-refractivity contribution is 7.18. The first-order chi connectivity index (χ1) is 11.8. The molecular formula is C19H25N3O2S. The third kappa shape index (κ3) is 3.68. The van der Waals surface area contributed by atoms with E-state index in [0.29, 0.717) is 0 Å². The molecule has 1 fully saturated rings. The summed E-state index contributed by atoms with van der Waals surface area (Å²) in [6.07, 6.45) is 1.89. The van der Waals surface area contributed by atoms with Crippen LogP contribution in [0, 0.1) is 5.41 Å². The van der Waals surface area contributed by atoms with Gasteiger partial charge >= 0.3 is 0 Å². The first-order valence-corrected chi connectivity index (χ1v) is 9.56. The topological polar surface area (TPSA) is 62.3 Å². The highest BCUT2D eigenvalue weighted by Gasteiger charge is 2.35. The highest BCUT2D eigenvalue weighted by Crippen LogP contribution is 2.36. The normalized spacial score (nSPS) is 19.2. The maximum Gasteiger partial charge on any atom is 0.245 e. The zero-order chi connectivity index (χ0) is 18.2. The number of para-hydroxylation sites is 1. The molecule has 6 heteroatoms. The molecule has 2 atom stereocenters. The number of carbonyl (C=O) groups is 2. The van der Waals surface area contributed by atoms with Crippen molar-refractivity contribution in [2.24, 2.45) is 5.41 Å². The Bertz CT molecular complexity index is 760. The van der Waals surface area contributed by atoms with Crippen molar-refractivity contribution >= 4 is 33.4 Å². The summed E-state index contributed by atoms with van der Waals surface area (Å²) in [5.41, 5.74) is 0.474. The van der Waals surface area contributed by atoms with Gasteiger partial charge in [0.05, 0.1) is 16.3 Å². The number of amides is 2.